The second kappa shape index (κ2) is 7.16. The highest BCUT2D eigenvalue weighted by Crippen LogP contribution is 2.54. The summed E-state index contributed by atoms with van der Waals surface area (Å²) in [6.07, 6.45) is 5.80. The molecule has 0 amide bonds. The number of halogens is 1. The molecule has 3 atom stereocenters. The largest absolute Gasteiger partial charge is 0.377 e. The zero-order valence-electron chi connectivity index (χ0n) is 13.9. The Balaban J connectivity index is 0.00000161. The first kappa shape index (κ1) is 17.5. The van der Waals surface area contributed by atoms with Gasteiger partial charge in [0.15, 0.2) is 0 Å². The van der Waals surface area contributed by atoms with E-state index in [0.29, 0.717) is 11.5 Å². The lowest BCUT2D eigenvalue weighted by molar-refractivity contribution is -0.158. The van der Waals surface area contributed by atoms with Gasteiger partial charge in [-0.15, -0.1) is 12.4 Å². The van der Waals surface area contributed by atoms with Crippen LogP contribution in [0.2, 0.25) is 0 Å². The van der Waals surface area contributed by atoms with E-state index in [1.165, 1.54) is 51.9 Å². The maximum Gasteiger partial charge on any atom is 0.0685 e. The van der Waals surface area contributed by atoms with Crippen molar-refractivity contribution in [1.82, 2.24) is 10.2 Å². The molecule has 2 heterocycles. The third-order valence-corrected chi connectivity index (χ3v) is 5.89. The van der Waals surface area contributed by atoms with Gasteiger partial charge in [0.2, 0.25) is 0 Å². The monoisotopic (exact) mass is 316 g/mol. The number of nitrogens with zero attached hydrogens (tertiary/aromatic N) is 1. The number of hydrogen-bond acceptors (Lipinski definition) is 3. The van der Waals surface area contributed by atoms with Gasteiger partial charge in [-0.25, -0.2) is 0 Å². The van der Waals surface area contributed by atoms with Gasteiger partial charge in [-0.1, -0.05) is 20.8 Å². The zero-order valence-corrected chi connectivity index (χ0v) is 14.8. The van der Waals surface area contributed by atoms with E-state index in [0.717, 1.165) is 24.5 Å². The number of piperidine rings is 1. The van der Waals surface area contributed by atoms with Gasteiger partial charge in [0.25, 0.3) is 0 Å². The third-order valence-electron chi connectivity index (χ3n) is 5.89. The first-order valence-electron chi connectivity index (χ1n) is 8.71. The molecule has 0 aromatic heterocycles. The van der Waals surface area contributed by atoms with Crippen molar-refractivity contribution in [3.63, 3.8) is 0 Å². The minimum absolute atomic E-state index is 0. The summed E-state index contributed by atoms with van der Waals surface area (Å²) in [5, 5.41) is 3.49. The Labute approximate surface area is 136 Å². The van der Waals surface area contributed by atoms with Crippen LogP contribution < -0.4 is 5.32 Å². The number of hydrogen-bond donors (Lipinski definition) is 1. The number of rotatable bonds is 5. The summed E-state index contributed by atoms with van der Waals surface area (Å²) >= 11 is 0. The van der Waals surface area contributed by atoms with Gasteiger partial charge in [-0.05, 0) is 51.2 Å². The predicted molar refractivity (Wildman–Crippen MR) is 90.1 cm³/mol. The Morgan fingerprint density at radius 1 is 1.19 bits per heavy atom. The quantitative estimate of drug-likeness (QED) is 0.844. The number of nitrogens with one attached hydrogen (secondary N) is 1. The van der Waals surface area contributed by atoms with Gasteiger partial charge in [-0.2, -0.15) is 0 Å². The van der Waals surface area contributed by atoms with Crippen molar-refractivity contribution in [2.24, 2.45) is 17.3 Å². The molecule has 2 aliphatic heterocycles. The van der Waals surface area contributed by atoms with E-state index in [9.17, 15) is 0 Å². The maximum atomic E-state index is 5.98. The van der Waals surface area contributed by atoms with Crippen LogP contribution in [-0.4, -0.2) is 49.8 Å². The summed E-state index contributed by atoms with van der Waals surface area (Å²) in [4.78, 5) is 2.83. The summed E-state index contributed by atoms with van der Waals surface area (Å²) in [6, 6.07) is 0.754. The summed E-state index contributed by atoms with van der Waals surface area (Å²) in [7, 11) is 0. The van der Waals surface area contributed by atoms with Crippen molar-refractivity contribution >= 4 is 12.4 Å². The van der Waals surface area contributed by atoms with Gasteiger partial charge >= 0.3 is 0 Å². The van der Waals surface area contributed by atoms with Crippen LogP contribution in [0, 0.1) is 17.3 Å². The first-order valence-corrected chi connectivity index (χ1v) is 8.71. The summed E-state index contributed by atoms with van der Waals surface area (Å²) < 4.78 is 5.98. The molecule has 4 heteroatoms. The van der Waals surface area contributed by atoms with Crippen LogP contribution >= 0.6 is 12.4 Å². The van der Waals surface area contributed by atoms with Crippen molar-refractivity contribution in [2.75, 3.05) is 32.8 Å². The molecule has 3 unspecified atom stereocenters. The standard InChI is InChI=1S/C17H32N2O.ClH/c1-4-10-19(12-13-5-8-18-9-6-13)15-14-7-11-20-16(14)17(15,2)3;/h13-16,18H,4-12H2,1-3H3;1H. The number of fused-ring (bicyclic) bond motifs is 1. The van der Waals surface area contributed by atoms with E-state index in [1.807, 2.05) is 0 Å². The Kier molecular flexibility index (Phi) is 5.98. The van der Waals surface area contributed by atoms with Crippen molar-refractivity contribution < 1.29 is 4.74 Å². The molecule has 0 aromatic rings. The molecule has 0 aromatic carbocycles. The molecular formula is C17H33ClN2O. The average Bonchev–Trinajstić information content (AvgIpc) is 2.86. The van der Waals surface area contributed by atoms with Gasteiger partial charge in [0.05, 0.1) is 6.10 Å². The van der Waals surface area contributed by atoms with Crippen molar-refractivity contribution in [2.45, 2.75) is 58.6 Å². The van der Waals surface area contributed by atoms with Crippen LogP contribution in [-0.2, 0) is 4.74 Å². The summed E-state index contributed by atoms with van der Waals surface area (Å²) in [5.41, 5.74) is 0.350. The SMILES string of the molecule is CCCN(CC1CCNCC1)C1C2CCOC2C1(C)C.Cl. The molecule has 124 valence electrons. The van der Waals surface area contributed by atoms with E-state index in [2.05, 4.69) is 31.0 Å². The lowest BCUT2D eigenvalue weighted by Crippen LogP contribution is -2.67. The molecule has 0 bridgehead atoms. The fraction of sp³-hybridized carbons (Fsp3) is 1.00. The Bertz CT molecular complexity index is 331. The molecule has 3 fully saturated rings. The van der Waals surface area contributed by atoms with E-state index in [-0.39, 0.29) is 12.4 Å². The second-order valence-electron chi connectivity index (χ2n) is 7.70. The molecule has 3 rings (SSSR count). The molecular weight excluding hydrogens is 284 g/mol. The lowest BCUT2D eigenvalue weighted by Gasteiger charge is -2.59. The summed E-state index contributed by atoms with van der Waals surface area (Å²) in [6.45, 7) is 13.2. The molecule has 21 heavy (non-hydrogen) atoms. The normalized spacial score (nSPS) is 35.1. The molecule has 3 aliphatic rings. The maximum absolute atomic E-state index is 5.98. The molecule has 1 saturated carbocycles. The molecule has 1 aliphatic carbocycles. The fourth-order valence-electron chi connectivity index (χ4n) is 5.07. The van der Waals surface area contributed by atoms with Crippen molar-refractivity contribution in [1.29, 1.82) is 0 Å². The van der Waals surface area contributed by atoms with Gasteiger partial charge in [0.1, 0.15) is 0 Å². The first-order chi connectivity index (χ1) is 9.64. The van der Waals surface area contributed by atoms with Crippen LogP contribution in [0.25, 0.3) is 0 Å². The summed E-state index contributed by atoms with van der Waals surface area (Å²) in [5.74, 6) is 1.71. The highest BCUT2D eigenvalue weighted by atomic mass is 35.5. The number of ether oxygens (including phenoxy) is 1. The third kappa shape index (κ3) is 3.26. The van der Waals surface area contributed by atoms with Crippen molar-refractivity contribution in [3.8, 4) is 0 Å². The zero-order chi connectivity index (χ0) is 14.2. The van der Waals surface area contributed by atoms with E-state index >= 15 is 0 Å². The van der Waals surface area contributed by atoms with E-state index < -0.39 is 0 Å². The minimum atomic E-state index is 0. The van der Waals surface area contributed by atoms with Gasteiger partial charge in [0, 0.05) is 30.5 Å². The van der Waals surface area contributed by atoms with Crippen molar-refractivity contribution in [3.05, 3.63) is 0 Å². The topological polar surface area (TPSA) is 24.5 Å². The molecule has 0 spiro atoms. The van der Waals surface area contributed by atoms with Crippen LogP contribution in [0.5, 0.6) is 0 Å². The molecule has 2 saturated heterocycles. The molecule has 1 N–H and O–H groups in total. The fourth-order valence-corrected chi connectivity index (χ4v) is 5.07. The smallest absolute Gasteiger partial charge is 0.0685 e. The second-order valence-corrected chi connectivity index (χ2v) is 7.70. The van der Waals surface area contributed by atoms with E-state index in [4.69, 9.17) is 4.74 Å². The van der Waals surface area contributed by atoms with Crippen LogP contribution in [0.1, 0.15) is 46.5 Å². The Hall–Kier alpha value is 0.170. The van der Waals surface area contributed by atoms with Crippen LogP contribution in [0.4, 0.5) is 0 Å². The highest BCUT2D eigenvalue weighted by molar-refractivity contribution is 5.85. The highest BCUT2D eigenvalue weighted by Gasteiger charge is 2.60. The molecule has 0 radical (unpaired) electrons. The van der Waals surface area contributed by atoms with Crippen LogP contribution in [0.15, 0.2) is 0 Å². The van der Waals surface area contributed by atoms with Gasteiger partial charge in [-0.3, -0.25) is 4.90 Å². The minimum Gasteiger partial charge on any atom is -0.377 e. The van der Waals surface area contributed by atoms with Gasteiger partial charge < -0.3 is 10.1 Å². The lowest BCUT2D eigenvalue weighted by atomic mass is 9.56. The van der Waals surface area contributed by atoms with Crippen LogP contribution in [0.3, 0.4) is 0 Å². The average molecular weight is 317 g/mol. The Morgan fingerprint density at radius 2 is 1.90 bits per heavy atom. The predicted octanol–water partition coefficient (Wildman–Crippen LogP) is 2.93. The molecule has 3 nitrogen and oxygen atoms in total. The Morgan fingerprint density at radius 3 is 2.57 bits per heavy atom. The van der Waals surface area contributed by atoms with E-state index in [1.54, 1.807) is 0 Å².